The lowest BCUT2D eigenvalue weighted by atomic mass is 9.97. The van der Waals surface area contributed by atoms with Crippen LogP contribution in [0.3, 0.4) is 0 Å². The molecule has 150 valence electrons. The molecule has 3 aromatic rings. The van der Waals surface area contributed by atoms with Crippen molar-refractivity contribution in [3.05, 3.63) is 77.9 Å². The molecule has 2 nitrogen and oxygen atoms in total. The van der Waals surface area contributed by atoms with Gasteiger partial charge in [0.2, 0.25) is 0 Å². The van der Waals surface area contributed by atoms with Gasteiger partial charge in [0.15, 0.2) is 0 Å². The van der Waals surface area contributed by atoms with E-state index in [1.54, 1.807) is 0 Å². The Morgan fingerprint density at radius 1 is 0.724 bits per heavy atom. The molecule has 3 aromatic carbocycles. The monoisotopic (exact) mass is 386 g/mol. The summed E-state index contributed by atoms with van der Waals surface area (Å²) in [6, 6.07) is 22.6. The molecule has 0 amide bonds. The third kappa shape index (κ3) is 4.09. The Morgan fingerprint density at radius 3 is 2.24 bits per heavy atom. The van der Waals surface area contributed by atoms with Crippen LogP contribution in [-0.4, -0.2) is 11.7 Å². The summed E-state index contributed by atoms with van der Waals surface area (Å²) in [5.74, 6) is 0.345. The molecular formula is C27H30O2. The predicted octanol–water partition coefficient (Wildman–Crippen LogP) is 7.51. The SMILES string of the molecule is CCCCCCCCOC1c2ccccc2-c2ccc(-c3ccccc3)c(O)c21. The maximum Gasteiger partial charge on any atom is 0.130 e. The van der Waals surface area contributed by atoms with Crippen LogP contribution in [0, 0.1) is 0 Å². The summed E-state index contributed by atoms with van der Waals surface area (Å²) in [4.78, 5) is 0. The number of benzene rings is 3. The zero-order chi connectivity index (χ0) is 20.1. The standard InChI is InChI=1S/C27H30O2/c1-2-3-4-5-6-12-19-29-27-24-16-11-10-15-22(24)23-18-17-21(26(28)25(23)27)20-13-8-7-9-14-20/h7-11,13-18,27-28H,2-6,12,19H2,1H3. The summed E-state index contributed by atoms with van der Waals surface area (Å²) < 4.78 is 6.37. The van der Waals surface area contributed by atoms with Gasteiger partial charge in [0.1, 0.15) is 11.9 Å². The maximum absolute atomic E-state index is 11.2. The number of phenolic OH excluding ortho intramolecular Hbond substituents is 1. The van der Waals surface area contributed by atoms with Crippen LogP contribution in [0.5, 0.6) is 5.75 Å². The minimum Gasteiger partial charge on any atom is -0.507 e. The molecule has 0 saturated carbocycles. The summed E-state index contributed by atoms with van der Waals surface area (Å²) in [5.41, 5.74) is 6.23. The smallest absolute Gasteiger partial charge is 0.130 e. The van der Waals surface area contributed by atoms with Gasteiger partial charge in [-0.25, -0.2) is 0 Å². The first-order chi connectivity index (χ1) is 14.3. The second kappa shape index (κ2) is 9.28. The Balaban J connectivity index is 1.58. The van der Waals surface area contributed by atoms with Gasteiger partial charge in [-0.15, -0.1) is 0 Å². The number of phenols is 1. The van der Waals surface area contributed by atoms with Crippen molar-refractivity contribution in [2.24, 2.45) is 0 Å². The van der Waals surface area contributed by atoms with Gasteiger partial charge in [0.05, 0.1) is 0 Å². The molecule has 4 rings (SSSR count). The van der Waals surface area contributed by atoms with Gasteiger partial charge in [-0.05, 0) is 28.7 Å². The lowest BCUT2D eigenvalue weighted by molar-refractivity contribution is 0.0781. The molecule has 2 heteroatoms. The highest BCUT2D eigenvalue weighted by molar-refractivity contribution is 5.86. The van der Waals surface area contributed by atoms with Gasteiger partial charge in [-0.1, -0.05) is 106 Å². The zero-order valence-corrected chi connectivity index (χ0v) is 17.2. The van der Waals surface area contributed by atoms with E-state index in [4.69, 9.17) is 4.74 Å². The molecule has 0 fully saturated rings. The quantitative estimate of drug-likeness (QED) is 0.386. The molecule has 0 aromatic heterocycles. The zero-order valence-electron chi connectivity index (χ0n) is 17.2. The highest BCUT2D eigenvalue weighted by atomic mass is 16.5. The van der Waals surface area contributed by atoms with Crippen LogP contribution in [0.2, 0.25) is 0 Å². The van der Waals surface area contributed by atoms with Gasteiger partial charge in [-0.3, -0.25) is 0 Å². The van der Waals surface area contributed by atoms with Crippen molar-refractivity contribution in [1.82, 2.24) is 0 Å². The first-order valence-electron chi connectivity index (χ1n) is 10.9. The molecular weight excluding hydrogens is 356 g/mol. The van der Waals surface area contributed by atoms with Crippen molar-refractivity contribution >= 4 is 0 Å². The average molecular weight is 387 g/mol. The second-order valence-electron chi connectivity index (χ2n) is 7.89. The second-order valence-corrected chi connectivity index (χ2v) is 7.89. The lowest BCUT2D eigenvalue weighted by Gasteiger charge is -2.18. The number of hydrogen-bond donors (Lipinski definition) is 1. The molecule has 0 saturated heterocycles. The topological polar surface area (TPSA) is 29.5 Å². The molecule has 1 atom stereocenters. The maximum atomic E-state index is 11.2. The van der Waals surface area contributed by atoms with Crippen molar-refractivity contribution in [1.29, 1.82) is 0 Å². The molecule has 0 spiro atoms. The van der Waals surface area contributed by atoms with E-state index >= 15 is 0 Å². The van der Waals surface area contributed by atoms with Crippen LogP contribution in [0.15, 0.2) is 66.7 Å². The predicted molar refractivity (Wildman–Crippen MR) is 120 cm³/mol. The van der Waals surface area contributed by atoms with Crippen LogP contribution in [0.4, 0.5) is 0 Å². The average Bonchev–Trinajstić information content (AvgIpc) is 3.09. The first kappa shape index (κ1) is 19.7. The third-order valence-corrected chi connectivity index (χ3v) is 5.88. The minimum atomic E-state index is -0.194. The van der Waals surface area contributed by atoms with E-state index in [0.29, 0.717) is 5.75 Å². The molecule has 0 bridgehead atoms. The first-order valence-corrected chi connectivity index (χ1v) is 10.9. The molecule has 1 aliphatic carbocycles. The summed E-state index contributed by atoms with van der Waals surface area (Å²) in [5, 5.41) is 11.2. The summed E-state index contributed by atoms with van der Waals surface area (Å²) in [6.45, 7) is 2.97. The van der Waals surface area contributed by atoms with Crippen molar-refractivity contribution in [3.8, 4) is 28.0 Å². The van der Waals surface area contributed by atoms with Gasteiger partial charge < -0.3 is 9.84 Å². The Kier molecular flexibility index (Phi) is 6.31. The largest absolute Gasteiger partial charge is 0.507 e. The number of hydrogen-bond acceptors (Lipinski definition) is 2. The summed E-state index contributed by atoms with van der Waals surface area (Å²) >= 11 is 0. The van der Waals surface area contributed by atoms with E-state index in [2.05, 4.69) is 37.3 Å². The van der Waals surface area contributed by atoms with Gasteiger partial charge in [-0.2, -0.15) is 0 Å². The molecule has 1 aliphatic rings. The van der Waals surface area contributed by atoms with E-state index in [9.17, 15) is 5.11 Å². The number of rotatable bonds is 9. The van der Waals surface area contributed by atoms with Gasteiger partial charge in [0, 0.05) is 17.7 Å². The van der Waals surface area contributed by atoms with Crippen molar-refractivity contribution in [2.45, 2.75) is 51.6 Å². The molecule has 1 unspecified atom stereocenters. The normalized spacial score (nSPS) is 14.6. The van der Waals surface area contributed by atoms with Crippen molar-refractivity contribution in [2.75, 3.05) is 6.61 Å². The summed E-state index contributed by atoms with van der Waals surface area (Å²) in [6.07, 6.45) is 7.26. The highest BCUT2D eigenvalue weighted by Crippen LogP contribution is 2.51. The van der Waals surface area contributed by atoms with Crippen LogP contribution in [0.25, 0.3) is 22.3 Å². The van der Waals surface area contributed by atoms with Gasteiger partial charge >= 0.3 is 0 Å². The van der Waals surface area contributed by atoms with E-state index in [1.165, 1.54) is 37.7 Å². The Morgan fingerprint density at radius 2 is 1.41 bits per heavy atom. The number of fused-ring (bicyclic) bond motifs is 3. The Bertz CT molecular complexity index is 946. The third-order valence-electron chi connectivity index (χ3n) is 5.88. The van der Waals surface area contributed by atoms with E-state index in [1.807, 2.05) is 36.4 Å². The van der Waals surface area contributed by atoms with E-state index in [-0.39, 0.29) is 6.10 Å². The van der Waals surface area contributed by atoms with E-state index < -0.39 is 0 Å². The van der Waals surface area contributed by atoms with Crippen molar-refractivity contribution < 1.29 is 9.84 Å². The molecule has 0 heterocycles. The fourth-order valence-corrected chi connectivity index (χ4v) is 4.34. The molecule has 1 N–H and O–H groups in total. The van der Waals surface area contributed by atoms with Crippen molar-refractivity contribution in [3.63, 3.8) is 0 Å². The molecule has 29 heavy (non-hydrogen) atoms. The molecule has 0 aliphatic heterocycles. The van der Waals surface area contributed by atoms with Crippen LogP contribution in [0.1, 0.15) is 62.7 Å². The minimum absolute atomic E-state index is 0.194. The fourth-order valence-electron chi connectivity index (χ4n) is 4.34. The van der Waals surface area contributed by atoms with E-state index in [0.717, 1.165) is 40.8 Å². The molecule has 0 radical (unpaired) electrons. The number of unbranched alkanes of at least 4 members (excludes halogenated alkanes) is 5. The fraction of sp³-hybridized carbons (Fsp3) is 0.333. The summed E-state index contributed by atoms with van der Waals surface area (Å²) in [7, 11) is 0. The highest BCUT2D eigenvalue weighted by Gasteiger charge is 2.33. The van der Waals surface area contributed by atoms with Gasteiger partial charge in [0.25, 0.3) is 0 Å². The Labute approximate surface area is 174 Å². The van der Waals surface area contributed by atoms with Crippen LogP contribution < -0.4 is 0 Å². The van der Waals surface area contributed by atoms with Crippen LogP contribution in [-0.2, 0) is 4.74 Å². The number of ether oxygens (including phenoxy) is 1. The number of aromatic hydroxyl groups is 1. The Hall–Kier alpha value is -2.58. The lowest BCUT2D eigenvalue weighted by Crippen LogP contribution is -2.05. The van der Waals surface area contributed by atoms with Crippen LogP contribution >= 0.6 is 0 Å².